The predicted octanol–water partition coefficient (Wildman–Crippen LogP) is 1.86. The van der Waals surface area contributed by atoms with Gasteiger partial charge < -0.3 is 4.42 Å². The lowest BCUT2D eigenvalue weighted by molar-refractivity contribution is -0.677. The molecule has 0 bridgehead atoms. The maximum atomic E-state index is 13.0. The van der Waals surface area contributed by atoms with Gasteiger partial charge in [-0.05, 0) is 25.0 Å². The Morgan fingerprint density at radius 2 is 2.12 bits per heavy atom. The molecule has 2 aromatic rings. The number of nitrogens with zero attached hydrogens (tertiary/aromatic N) is 5. The number of amides is 3. The van der Waals surface area contributed by atoms with Gasteiger partial charge in [0.1, 0.15) is 24.2 Å². The molecule has 4 rings (SSSR count). The van der Waals surface area contributed by atoms with E-state index in [-0.39, 0.29) is 17.9 Å². The third-order valence-corrected chi connectivity index (χ3v) is 4.76. The number of aromatic nitrogens is 2. The van der Waals surface area contributed by atoms with Gasteiger partial charge in [0.25, 0.3) is 5.91 Å². The average Bonchev–Trinajstić information content (AvgIpc) is 3.28. The molecular weight excluding hydrogens is 334 g/mol. The summed E-state index contributed by atoms with van der Waals surface area (Å²) in [7, 11) is 1.67. The number of fused-ring (bicyclic) bond motifs is 3. The zero-order chi connectivity index (χ0) is 18.6. The van der Waals surface area contributed by atoms with Gasteiger partial charge in [0.05, 0.1) is 6.26 Å². The topological polar surface area (TPSA) is 74.9 Å². The summed E-state index contributed by atoms with van der Waals surface area (Å²) < 4.78 is 9.28. The molecule has 0 aliphatic carbocycles. The van der Waals surface area contributed by atoms with Gasteiger partial charge in [-0.1, -0.05) is 18.8 Å². The maximum absolute atomic E-state index is 13.0. The summed E-state index contributed by atoms with van der Waals surface area (Å²) in [6, 6.07) is 2.82. The summed E-state index contributed by atoms with van der Waals surface area (Å²) in [6.07, 6.45) is 3.54. The van der Waals surface area contributed by atoms with Crippen molar-refractivity contribution in [2.24, 2.45) is 10.9 Å². The summed E-state index contributed by atoms with van der Waals surface area (Å²) in [5, 5.41) is 0. The summed E-state index contributed by atoms with van der Waals surface area (Å²) in [5.74, 6) is 1.91. The van der Waals surface area contributed by atoms with Gasteiger partial charge in [0, 0.05) is 13.6 Å². The summed E-state index contributed by atoms with van der Waals surface area (Å²) >= 11 is 0. The second-order valence-electron chi connectivity index (χ2n) is 7.20. The number of hydrogen-bond donors (Lipinski definition) is 0. The highest BCUT2D eigenvalue weighted by Crippen LogP contribution is 2.30. The third kappa shape index (κ3) is 2.36. The van der Waals surface area contributed by atoms with Crippen molar-refractivity contribution in [2.45, 2.75) is 33.4 Å². The molecule has 0 aromatic carbocycles. The molecule has 1 atom stereocenters. The number of imidazole rings is 1. The van der Waals surface area contributed by atoms with Gasteiger partial charge in [-0.2, -0.15) is 0 Å². The van der Waals surface area contributed by atoms with Gasteiger partial charge in [0.2, 0.25) is 11.9 Å². The van der Waals surface area contributed by atoms with Crippen LogP contribution in [0.3, 0.4) is 0 Å². The molecular formula is C18H22N5O3+. The molecule has 136 valence electrons. The van der Waals surface area contributed by atoms with Crippen molar-refractivity contribution in [3.8, 4) is 0 Å². The fourth-order valence-electron chi connectivity index (χ4n) is 3.52. The van der Waals surface area contributed by atoms with Gasteiger partial charge in [0.15, 0.2) is 0 Å². The fourth-order valence-corrected chi connectivity index (χ4v) is 3.52. The van der Waals surface area contributed by atoms with Crippen LogP contribution in [0.1, 0.15) is 31.3 Å². The lowest BCUT2D eigenvalue weighted by Gasteiger charge is -2.33. The number of aliphatic imine (C=N–C) groups is 1. The SMILES string of the molecule is Cc1c[n+]2c(n1Cc1ccco1)N=C1C2C(=O)N(CC(C)C)C(=O)N1C. The smallest absolute Gasteiger partial charge is 0.402 e. The van der Waals surface area contributed by atoms with E-state index < -0.39 is 6.04 Å². The zero-order valence-electron chi connectivity index (χ0n) is 15.3. The molecule has 3 amide bonds. The number of urea groups is 1. The number of carbonyl (C=O) groups excluding carboxylic acids is 2. The molecule has 1 unspecified atom stereocenters. The molecule has 2 aromatic heterocycles. The Morgan fingerprint density at radius 1 is 1.35 bits per heavy atom. The van der Waals surface area contributed by atoms with Crippen LogP contribution in [0.15, 0.2) is 34.0 Å². The van der Waals surface area contributed by atoms with Gasteiger partial charge in [-0.3, -0.25) is 14.6 Å². The Labute approximate surface area is 151 Å². The average molecular weight is 356 g/mol. The normalized spacial score (nSPS) is 19.3. The van der Waals surface area contributed by atoms with Crippen molar-refractivity contribution in [3.05, 3.63) is 36.0 Å². The van der Waals surface area contributed by atoms with Crippen LogP contribution in [0, 0.1) is 12.8 Å². The Bertz CT molecular complexity index is 910. The highest BCUT2D eigenvalue weighted by atomic mass is 16.3. The van der Waals surface area contributed by atoms with E-state index in [0.717, 1.165) is 11.5 Å². The summed E-state index contributed by atoms with van der Waals surface area (Å²) in [6.45, 7) is 6.86. The minimum Gasteiger partial charge on any atom is -0.466 e. The first-order valence-corrected chi connectivity index (χ1v) is 8.69. The van der Waals surface area contributed by atoms with E-state index in [1.165, 1.54) is 9.80 Å². The van der Waals surface area contributed by atoms with E-state index in [2.05, 4.69) is 4.99 Å². The quantitative estimate of drug-likeness (QED) is 0.785. The summed E-state index contributed by atoms with van der Waals surface area (Å²) in [4.78, 5) is 33.1. The number of aryl methyl sites for hydroxylation is 1. The predicted molar refractivity (Wildman–Crippen MR) is 93.0 cm³/mol. The molecule has 8 heteroatoms. The van der Waals surface area contributed by atoms with Crippen molar-refractivity contribution in [2.75, 3.05) is 13.6 Å². The molecule has 4 heterocycles. The van der Waals surface area contributed by atoms with Crippen molar-refractivity contribution in [3.63, 3.8) is 0 Å². The lowest BCUT2D eigenvalue weighted by Crippen LogP contribution is -2.63. The molecule has 1 fully saturated rings. The van der Waals surface area contributed by atoms with Crippen molar-refractivity contribution in [1.29, 1.82) is 0 Å². The first kappa shape index (κ1) is 16.6. The Morgan fingerprint density at radius 3 is 2.77 bits per heavy atom. The van der Waals surface area contributed by atoms with E-state index in [4.69, 9.17) is 4.42 Å². The first-order valence-electron chi connectivity index (χ1n) is 8.69. The van der Waals surface area contributed by atoms with Crippen molar-refractivity contribution >= 4 is 23.7 Å². The van der Waals surface area contributed by atoms with Crippen LogP contribution in [0.25, 0.3) is 0 Å². The standard InChI is InChI=1S/C18H22N5O3/c1-11(2)8-23-16(24)14-15(20(4)18(23)25)19-17-21(12(3)9-22(14)17)10-13-6-5-7-26-13/h5-7,9,11,14H,8,10H2,1-4H3/q+1. The Hall–Kier alpha value is -2.90. The van der Waals surface area contributed by atoms with E-state index in [0.29, 0.717) is 24.9 Å². The second kappa shape index (κ2) is 5.82. The number of furan rings is 1. The van der Waals surface area contributed by atoms with Gasteiger partial charge in [-0.15, -0.1) is 0 Å². The zero-order valence-corrected chi connectivity index (χ0v) is 15.3. The Balaban J connectivity index is 1.75. The number of hydrogen-bond acceptors (Lipinski definition) is 4. The van der Waals surface area contributed by atoms with Crippen LogP contribution in [-0.2, 0) is 11.3 Å². The number of imide groups is 1. The van der Waals surface area contributed by atoms with Crippen LogP contribution in [0.4, 0.5) is 10.7 Å². The van der Waals surface area contributed by atoms with Gasteiger partial charge >= 0.3 is 12.0 Å². The lowest BCUT2D eigenvalue weighted by atomic mass is 10.1. The molecule has 0 spiro atoms. The van der Waals surface area contributed by atoms with Crippen LogP contribution in [0.5, 0.6) is 0 Å². The molecule has 1 saturated heterocycles. The Kier molecular flexibility index (Phi) is 3.71. The third-order valence-electron chi connectivity index (χ3n) is 4.76. The molecule has 0 radical (unpaired) electrons. The number of likely N-dealkylation sites (N-methyl/N-ethyl adjacent to an activating group) is 1. The number of carbonyl (C=O) groups is 2. The van der Waals surface area contributed by atoms with E-state index in [9.17, 15) is 9.59 Å². The number of amidine groups is 1. The first-order chi connectivity index (χ1) is 12.4. The molecule has 2 aliphatic heterocycles. The maximum Gasteiger partial charge on any atom is 0.402 e. The largest absolute Gasteiger partial charge is 0.466 e. The van der Waals surface area contributed by atoms with Gasteiger partial charge in [-0.25, -0.2) is 13.9 Å². The minimum atomic E-state index is -0.594. The van der Waals surface area contributed by atoms with E-state index in [1.807, 2.05) is 48.2 Å². The van der Waals surface area contributed by atoms with Crippen molar-refractivity contribution in [1.82, 2.24) is 14.4 Å². The van der Waals surface area contributed by atoms with Crippen LogP contribution >= 0.6 is 0 Å². The van der Waals surface area contributed by atoms with Crippen molar-refractivity contribution < 1.29 is 18.6 Å². The molecule has 0 saturated carbocycles. The van der Waals surface area contributed by atoms with E-state index in [1.54, 1.807) is 13.3 Å². The summed E-state index contributed by atoms with van der Waals surface area (Å²) in [5.41, 5.74) is 0.974. The second-order valence-corrected chi connectivity index (χ2v) is 7.20. The molecule has 0 N–H and O–H groups in total. The molecule has 26 heavy (non-hydrogen) atoms. The number of rotatable bonds is 4. The minimum absolute atomic E-state index is 0.200. The fraction of sp³-hybridized carbons (Fsp3) is 0.444. The van der Waals surface area contributed by atoms with Crippen LogP contribution < -0.4 is 4.57 Å². The van der Waals surface area contributed by atoms with Crippen LogP contribution in [0.2, 0.25) is 0 Å². The molecule has 8 nitrogen and oxygen atoms in total. The monoisotopic (exact) mass is 356 g/mol. The highest BCUT2D eigenvalue weighted by molar-refractivity contribution is 6.19. The van der Waals surface area contributed by atoms with E-state index >= 15 is 0 Å². The van der Waals surface area contributed by atoms with Crippen LogP contribution in [-0.4, -0.2) is 45.7 Å². The molecule has 2 aliphatic rings. The highest BCUT2D eigenvalue weighted by Gasteiger charge is 2.53.